The highest BCUT2D eigenvalue weighted by molar-refractivity contribution is 5.45. The predicted octanol–water partition coefficient (Wildman–Crippen LogP) is 3.71. The first-order valence-electron chi connectivity index (χ1n) is 7.98. The molecule has 2 bridgehead atoms. The maximum absolute atomic E-state index is 10.2. The summed E-state index contributed by atoms with van der Waals surface area (Å²) in [4.78, 5) is 0. The second-order valence-electron chi connectivity index (χ2n) is 7.51. The minimum Gasteiger partial charge on any atom is -0.504 e. The molecule has 3 heteroatoms. The van der Waals surface area contributed by atoms with Crippen LogP contribution < -0.4 is 10.1 Å². The van der Waals surface area contributed by atoms with Crippen molar-refractivity contribution in [2.45, 2.75) is 52.6 Å². The molecular formula is C18H27NO2. The van der Waals surface area contributed by atoms with E-state index in [0.717, 1.165) is 11.5 Å². The minimum absolute atomic E-state index is 0.264. The zero-order chi connectivity index (χ0) is 15.3. The maximum atomic E-state index is 10.2. The van der Waals surface area contributed by atoms with Crippen LogP contribution in [0.25, 0.3) is 0 Å². The lowest BCUT2D eigenvalue weighted by molar-refractivity contribution is 0.120. The molecule has 0 aromatic heterocycles. The molecule has 2 aliphatic rings. The highest BCUT2D eigenvalue weighted by Crippen LogP contribution is 2.65. The number of benzene rings is 1. The minimum atomic E-state index is 0.264. The van der Waals surface area contributed by atoms with Crippen molar-refractivity contribution in [1.82, 2.24) is 5.32 Å². The average molecular weight is 289 g/mol. The summed E-state index contributed by atoms with van der Waals surface area (Å²) in [6.45, 7) is 7.99. The van der Waals surface area contributed by atoms with E-state index < -0.39 is 0 Å². The van der Waals surface area contributed by atoms with Crippen LogP contribution in [0.15, 0.2) is 18.2 Å². The Labute approximate surface area is 127 Å². The van der Waals surface area contributed by atoms with Gasteiger partial charge in [-0.3, -0.25) is 0 Å². The summed E-state index contributed by atoms with van der Waals surface area (Å²) in [7, 11) is 1.59. The monoisotopic (exact) mass is 289 g/mol. The Bertz CT molecular complexity index is 540. The Balaban J connectivity index is 1.73. The van der Waals surface area contributed by atoms with Crippen molar-refractivity contribution < 1.29 is 9.84 Å². The fourth-order valence-corrected chi connectivity index (χ4v) is 4.62. The number of hydrogen-bond acceptors (Lipinski definition) is 3. The molecule has 0 aliphatic heterocycles. The third kappa shape index (κ3) is 2.05. The fourth-order valence-electron chi connectivity index (χ4n) is 4.62. The summed E-state index contributed by atoms with van der Waals surface area (Å²) in [5, 5.41) is 13.9. The van der Waals surface area contributed by atoms with Crippen LogP contribution in [-0.2, 0) is 6.54 Å². The van der Waals surface area contributed by atoms with Gasteiger partial charge in [-0.25, -0.2) is 0 Å². The standard InChI is InChI=1S/C18H27NO2/c1-17(2)13-8-9-18(17,3)15(10-13)19-11-12-6-5-7-14(21-4)16(12)20/h5-7,13,15,19-20H,8-11H2,1-4H3/t13-,15-,18-/m1/s1. The Hall–Kier alpha value is -1.22. The van der Waals surface area contributed by atoms with E-state index in [1.54, 1.807) is 13.2 Å². The SMILES string of the molecule is COc1cccc(CN[C@@H]2C[C@H]3CC[C@@]2(C)C3(C)C)c1O. The number of rotatable bonds is 4. The van der Waals surface area contributed by atoms with Crippen LogP contribution in [-0.4, -0.2) is 18.3 Å². The van der Waals surface area contributed by atoms with E-state index in [2.05, 4.69) is 26.1 Å². The summed E-state index contributed by atoms with van der Waals surface area (Å²) < 4.78 is 5.18. The molecule has 0 saturated heterocycles. The molecule has 1 aromatic rings. The molecule has 3 nitrogen and oxygen atoms in total. The van der Waals surface area contributed by atoms with Crippen LogP contribution in [0.4, 0.5) is 0 Å². The van der Waals surface area contributed by atoms with Crippen molar-refractivity contribution in [1.29, 1.82) is 0 Å². The molecule has 1 aromatic carbocycles. The number of phenolic OH excluding ortho intramolecular Hbond substituents is 1. The smallest absolute Gasteiger partial charge is 0.162 e. The van der Waals surface area contributed by atoms with Gasteiger partial charge in [0.25, 0.3) is 0 Å². The largest absolute Gasteiger partial charge is 0.504 e. The first kappa shape index (κ1) is 14.7. The average Bonchev–Trinajstić information content (AvgIpc) is 2.79. The van der Waals surface area contributed by atoms with Gasteiger partial charge in [-0.1, -0.05) is 32.9 Å². The van der Waals surface area contributed by atoms with Gasteiger partial charge in [-0.05, 0) is 42.1 Å². The number of methoxy groups -OCH3 is 1. The van der Waals surface area contributed by atoms with Crippen LogP contribution in [0.5, 0.6) is 11.5 Å². The second-order valence-corrected chi connectivity index (χ2v) is 7.51. The molecule has 2 fully saturated rings. The predicted molar refractivity (Wildman–Crippen MR) is 84.5 cm³/mol. The lowest BCUT2D eigenvalue weighted by Gasteiger charge is -2.39. The zero-order valence-corrected chi connectivity index (χ0v) is 13.6. The Morgan fingerprint density at radius 3 is 2.67 bits per heavy atom. The van der Waals surface area contributed by atoms with Crippen LogP contribution in [0.3, 0.4) is 0 Å². The van der Waals surface area contributed by atoms with Crippen LogP contribution in [0.1, 0.15) is 45.6 Å². The first-order valence-corrected chi connectivity index (χ1v) is 7.98. The van der Waals surface area contributed by atoms with Crippen LogP contribution in [0, 0.1) is 16.7 Å². The number of phenols is 1. The molecule has 0 amide bonds. The molecule has 0 radical (unpaired) electrons. The van der Waals surface area contributed by atoms with E-state index in [9.17, 15) is 5.11 Å². The Morgan fingerprint density at radius 1 is 1.33 bits per heavy atom. The van der Waals surface area contributed by atoms with Gasteiger partial charge in [0.1, 0.15) is 0 Å². The van der Waals surface area contributed by atoms with Gasteiger partial charge in [0.15, 0.2) is 11.5 Å². The molecule has 0 heterocycles. The van der Waals surface area contributed by atoms with E-state index >= 15 is 0 Å². The number of fused-ring (bicyclic) bond motifs is 2. The van der Waals surface area contributed by atoms with Crippen molar-refractivity contribution in [3.8, 4) is 11.5 Å². The second kappa shape index (κ2) is 4.91. The van der Waals surface area contributed by atoms with Crippen molar-refractivity contribution in [2.75, 3.05) is 7.11 Å². The maximum Gasteiger partial charge on any atom is 0.162 e. The quantitative estimate of drug-likeness (QED) is 0.888. The third-order valence-corrected chi connectivity index (χ3v) is 6.64. The van der Waals surface area contributed by atoms with E-state index in [1.807, 2.05) is 12.1 Å². The lowest BCUT2D eigenvalue weighted by Crippen LogP contribution is -2.44. The molecule has 2 aliphatic carbocycles. The number of aromatic hydroxyl groups is 1. The van der Waals surface area contributed by atoms with E-state index in [-0.39, 0.29) is 5.75 Å². The molecule has 2 N–H and O–H groups in total. The number of ether oxygens (including phenoxy) is 1. The van der Waals surface area contributed by atoms with E-state index in [4.69, 9.17) is 4.74 Å². The lowest BCUT2D eigenvalue weighted by atomic mass is 9.69. The molecule has 2 saturated carbocycles. The van der Waals surface area contributed by atoms with Gasteiger partial charge < -0.3 is 15.2 Å². The molecule has 0 unspecified atom stereocenters. The van der Waals surface area contributed by atoms with Gasteiger partial charge >= 0.3 is 0 Å². The highest BCUT2D eigenvalue weighted by Gasteiger charge is 2.60. The Kier molecular flexibility index (Phi) is 3.44. The Morgan fingerprint density at radius 2 is 2.10 bits per heavy atom. The summed E-state index contributed by atoms with van der Waals surface area (Å²) in [6.07, 6.45) is 3.94. The first-order chi connectivity index (χ1) is 9.90. The van der Waals surface area contributed by atoms with Gasteiger partial charge in [0, 0.05) is 18.2 Å². The van der Waals surface area contributed by atoms with Crippen molar-refractivity contribution in [3.05, 3.63) is 23.8 Å². The number of para-hydroxylation sites is 1. The molecular weight excluding hydrogens is 262 g/mol. The normalized spacial score (nSPS) is 33.3. The topological polar surface area (TPSA) is 41.5 Å². The van der Waals surface area contributed by atoms with E-state index in [0.29, 0.717) is 29.2 Å². The third-order valence-electron chi connectivity index (χ3n) is 6.64. The summed E-state index contributed by atoms with van der Waals surface area (Å²) in [5.41, 5.74) is 1.70. The molecule has 116 valence electrons. The summed E-state index contributed by atoms with van der Waals surface area (Å²) in [5.74, 6) is 1.65. The van der Waals surface area contributed by atoms with Gasteiger partial charge in [0.05, 0.1) is 7.11 Å². The van der Waals surface area contributed by atoms with Crippen LogP contribution in [0.2, 0.25) is 0 Å². The highest BCUT2D eigenvalue weighted by atomic mass is 16.5. The fraction of sp³-hybridized carbons (Fsp3) is 0.667. The van der Waals surface area contributed by atoms with Gasteiger partial charge in [-0.15, -0.1) is 0 Å². The van der Waals surface area contributed by atoms with Gasteiger partial charge in [-0.2, -0.15) is 0 Å². The zero-order valence-electron chi connectivity index (χ0n) is 13.6. The van der Waals surface area contributed by atoms with Gasteiger partial charge in [0.2, 0.25) is 0 Å². The summed E-state index contributed by atoms with van der Waals surface area (Å²) in [6, 6.07) is 6.23. The molecule has 3 atom stereocenters. The van der Waals surface area contributed by atoms with Crippen molar-refractivity contribution in [2.24, 2.45) is 16.7 Å². The summed E-state index contributed by atoms with van der Waals surface area (Å²) >= 11 is 0. The molecule has 3 rings (SSSR count). The van der Waals surface area contributed by atoms with Crippen molar-refractivity contribution >= 4 is 0 Å². The molecule has 0 spiro atoms. The van der Waals surface area contributed by atoms with E-state index in [1.165, 1.54) is 19.3 Å². The number of nitrogens with one attached hydrogen (secondary N) is 1. The van der Waals surface area contributed by atoms with Crippen molar-refractivity contribution in [3.63, 3.8) is 0 Å². The van der Waals surface area contributed by atoms with Crippen LogP contribution >= 0.6 is 0 Å². The molecule has 21 heavy (non-hydrogen) atoms. The number of hydrogen-bond donors (Lipinski definition) is 2.